The van der Waals surface area contributed by atoms with Crippen LogP contribution in [0, 0.1) is 5.92 Å². The number of anilines is 1. The summed E-state index contributed by atoms with van der Waals surface area (Å²) in [7, 11) is 0. The SMILES string of the molecule is CCOC(=O)c1ccc(NC(=O)C2CCCCC2)c(Cl)c1. The predicted octanol–water partition coefficient (Wildman–Crippen LogP) is 4.04. The summed E-state index contributed by atoms with van der Waals surface area (Å²) in [5.41, 5.74) is 0.929. The maximum absolute atomic E-state index is 12.2. The highest BCUT2D eigenvalue weighted by atomic mass is 35.5. The van der Waals surface area contributed by atoms with Crippen LogP contribution >= 0.6 is 11.6 Å². The lowest BCUT2D eigenvalue weighted by Gasteiger charge is -2.21. The van der Waals surface area contributed by atoms with Gasteiger partial charge in [-0.1, -0.05) is 30.9 Å². The first-order valence-electron chi connectivity index (χ1n) is 7.39. The quantitative estimate of drug-likeness (QED) is 0.854. The van der Waals surface area contributed by atoms with Crippen molar-refractivity contribution in [1.29, 1.82) is 0 Å². The molecule has 1 N–H and O–H groups in total. The minimum Gasteiger partial charge on any atom is -0.462 e. The van der Waals surface area contributed by atoms with E-state index in [1.807, 2.05) is 0 Å². The summed E-state index contributed by atoms with van der Waals surface area (Å²) in [4.78, 5) is 23.8. The first-order valence-corrected chi connectivity index (χ1v) is 7.77. The van der Waals surface area contributed by atoms with Crippen molar-refractivity contribution in [1.82, 2.24) is 0 Å². The van der Waals surface area contributed by atoms with Gasteiger partial charge in [0, 0.05) is 5.92 Å². The Morgan fingerprint density at radius 1 is 1.29 bits per heavy atom. The number of amides is 1. The van der Waals surface area contributed by atoms with Crippen LogP contribution in [0.25, 0.3) is 0 Å². The molecule has 1 saturated carbocycles. The first-order chi connectivity index (χ1) is 10.1. The Labute approximate surface area is 129 Å². The Balaban J connectivity index is 2.03. The van der Waals surface area contributed by atoms with Gasteiger partial charge in [0.15, 0.2) is 0 Å². The average molecular weight is 310 g/mol. The van der Waals surface area contributed by atoms with Crippen molar-refractivity contribution < 1.29 is 14.3 Å². The highest BCUT2D eigenvalue weighted by molar-refractivity contribution is 6.34. The van der Waals surface area contributed by atoms with E-state index in [4.69, 9.17) is 16.3 Å². The fourth-order valence-corrected chi connectivity index (χ4v) is 2.79. The summed E-state index contributed by atoms with van der Waals surface area (Å²) in [6, 6.07) is 4.78. The number of hydrogen-bond acceptors (Lipinski definition) is 3. The summed E-state index contributed by atoms with van der Waals surface area (Å²) in [5.74, 6) is -0.329. The Morgan fingerprint density at radius 2 is 2.00 bits per heavy atom. The molecular formula is C16H20ClNO3. The first kappa shape index (κ1) is 15.8. The highest BCUT2D eigenvalue weighted by Gasteiger charge is 2.21. The Morgan fingerprint density at radius 3 is 2.62 bits per heavy atom. The number of carbonyl (C=O) groups excluding carboxylic acids is 2. The molecule has 1 aliphatic rings. The van der Waals surface area contributed by atoms with Crippen molar-refractivity contribution in [3.05, 3.63) is 28.8 Å². The van der Waals surface area contributed by atoms with Crippen molar-refractivity contribution in [2.75, 3.05) is 11.9 Å². The second-order valence-electron chi connectivity index (χ2n) is 5.24. The van der Waals surface area contributed by atoms with E-state index >= 15 is 0 Å². The minimum atomic E-state index is -0.412. The smallest absolute Gasteiger partial charge is 0.338 e. The van der Waals surface area contributed by atoms with Gasteiger partial charge in [0.05, 0.1) is 22.9 Å². The van der Waals surface area contributed by atoms with E-state index in [9.17, 15) is 9.59 Å². The zero-order valence-electron chi connectivity index (χ0n) is 12.2. The summed E-state index contributed by atoms with van der Waals surface area (Å²) < 4.78 is 4.91. The Hall–Kier alpha value is -1.55. The maximum atomic E-state index is 12.2. The molecule has 0 atom stereocenters. The molecule has 0 saturated heterocycles. The molecule has 0 unspecified atom stereocenters. The second-order valence-corrected chi connectivity index (χ2v) is 5.65. The van der Waals surface area contributed by atoms with E-state index in [0.717, 1.165) is 25.7 Å². The summed E-state index contributed by atoms with van der Waals surface area (Å²) >= 11 is 6.13. The van der Waals surface area contributed by atoms with E-state index in [1.165, 1.54) is 12.5 Å². The summed E-state index contributed by atoms with van der Waals surface area (Å²) in [5, 5.41) is 3.21. The average Bonchev–Trinajstić information content (AvgIpc) is 2.50. The van der Waals surface area contributed by atoms with Crippen LogP contribution in [0.2, 0.25) is 5.02 Å². The van der Waals surface area contributed by atoms with Gasteiger partial charge in [-0.05, 0) is 38.0 Å². The van der Waals surface area contributed by atoms with Crippen LogP contribution in [0.5, 0.6) is 0 Å². The van der Waals surface area contributed by atoms with Gasteiger partial charge in [-0.3, -0.25) is 4.79 Å². The van der Waals surface area contributed by atoms with Crippen LogP contribution < -0.4 is 5.32 Å². The minimum absolute atomic E-state index is 0.0143. The Kier molecular flexibility index (Phi) is 5.62. The fraction of sp³-hybridized carbons (Fsp3) is 0.500. The van der Waals surface area contributed by atoms with Crippen LogP contribution in [-0.4, -0.2) is 18.5 Å². The van der Waals surface area contributed by atoms with E-state index in [1.54, 1.807) is 19.1 Å². The lowest BCUT2D eigenvalue weighted by Crippen LogP contribution is -2.24. The van der Waals surface area contributed by atoms with Gasteiger partial charge in [0.1, 0.15) is 0 Å². The number of ether oxygens (including phenoxy) is 1. The fourth-order valence-electron chi connectivity index (χ4n) is 2.56. The molecular weight excluding hydrogens is 290 g/mol. The van der Waals surface area contributed by atoms with Gasteiger partial charge in [-0.2, -0.15) is 0 Å². The number of halogens is 1. The van der Waals surface area contributed by atoms with Gasteiger partial charge in [0.25, 0.3) is 0 Å². The normalized spacial score (nSPS) is 15.5. The topological polar surface area (TPSA) is 55.4 Å². The number of carbonyl (C=O) groups is 2. The lowest BCUT2D eigenvalue weighted by molar-refractivity contribution is -0.120. The molecule has 0 heterocycles. The molecule has 0 bridgehead atoms. The van der Waals surface area contributed by atoms with Gasteiger partial charge >= 0.3 is 5.97 Å². The van der Waals surface area contributed by atoms with Crippen molar-refractivity contribution in [3.63, 3.8) is 0 Å². The zero-order valence-corrected chi connectivity index (χ0v) is 12.9. The molecule has 21 heavy (non-hydrogen) atoms. The third kappa shape index (κ3) is 4.21. The van der Waals surface area contributed by atoms with E-state index in [-0.39, 0.29) is 11.8 Å². The number of hydrogen-bond donors (Lipinski definition) is 1. The lowest BCUT2D eigenvalue weighted by atomic mass is 9.88. The van der Waals surface area contributed by atoms with Crippen molar-refractivity contribution in [2.45, 2.75) is 39.0 Å². The van der Waals surface area contributed by atoms with Crippen LogP contribution in [0.1, 0.15) is 49.4 Å². The molecule has 0 aromatic heterocycles. The van der Waals surface area contributed by atoms with Gasteiger partial charge < -0.3 is 10.1 Å². The molecule has 114 valence electrons. The maximum Gasteiger partial charge on any atom is 0.338 e. The number of benzene rings is 1. The van der Waals surface area contributed by atoms with Gasteiger partial charge in [0.2, 0.25) is 5.91 Å². The molecule has 1 aliphatic carbocycles. The van der Waals surface area contributed by atoms with Crippen LogP contribution in [-0.2, 0) is 9.53 Å². The van der Waals surface area contributed by atoms with E-state index in [2.05, 4.69) is 5.32 Å². The molecule has 1 amide bonds. The molecule has 1 aromatic rings. The molecule has 4 nitrogen and oxygen atoms in total. The molecule has 5 heteroatoms. The van der Waals surface area contributed by atoms with Crippen LogP contribution in [0.3, 0.4) is 0 Å². The van der Waals surface area contributed by atoms with Gasteiger partial charge in [-0.25, -0.2) is 4.79 Å². The van der Waals surface area contributed by atoms with Crippen molar-refractivity contribution >= 4 is 29.2 Å². The molecule has 0 radical (unpaired) electrons. The summed E-state index contributed by atoms with van der Waals surface area (Å²) in [6.45, 7) is 2.06. The third-order valence-electron chi connectivity index (χ3n) is 3.71. The molecule has 2 rings (SSSR count). The molecule has 0 aliphatic heterocycles. The standard InChI is InChI=1S/C16H20ClNO3/c1-2-21-16(20)12-8-9-14(13(17)10-12)18-15(19)11-6-4-3-5-7-11/h8-11H,2-7H2,1H3,(H,18,19). The van der Waals surface area contributed by atoms with E-state index in [0.29, 0.717) is 22.9 Å². The largest absolute Gasteiger partial charge is 0.462 e. The third-order valence-corrected chi connectivity index (χ3v) is 4.03. The highest BCUT2D eigenvalue weighted by Crippen LogP contribution is 2.28. The van der Waals surface area contributed by atoms with Crippen LogP contribution in [0.15, 0.2) is 18.2 Å². The predicted molar refractivity (Wildman–Crippen MR) is 82.6 cm³/mol. The van der Waals surface area contributed by atoms with Crippen LogP contribution in [0.4, 0.5) is 5.69 Å². The molecule has 1 aromatic carbocycles. The van der Waals surface area contributed by atoms with Crippen molar-refractivity contribution in [3.8, 4) is 0 Å². The molecule has 1 fully saturated rings. The number of esters is 1. The monoisotopic (exact) mass is 309 g/mol. The van der Waals surface area contributed by atoms with E-state index < -0.39 is 5.97 Å². The number of rotatable bonds is 4. The zero-order chi connectivity index (χ0) is 15.2. The van der Waals surface area contributed by atoms with Gasteiger partial charge in [-0.15, -0.1) is 0 Å². The van der Waals surface area contributed by atoms with Crippen molar-refractivity contribution in [2.24, 2.45) is 5.92 Å². The molecule has 0 spiro atoms. The Bertz CT molecular complexity index is 524. The number of nitrogens with one attached hydrogen (secondary N) is 1. The second kappa shape index (κ2) is 7.46. The summed E-state index contributed by atoms with van der Waals surface area (Å²) in [6.07, 6.45) is 5.29.